The third-order valence-electron chi connectivity index (χ3n) is 7.21. The van der Waals surface area contributed by atoms with Crippen LogP contribution in [-0.4, -0.2) is 53.2 Å². The maximum Gasteiger partial charge on any atom is 0.407 e. The quantitative estimate of drug-likeness (QED) is 0.633. The minimum atomic E-state index is -0.867. The van der Waals surface area contributed by atoms with Gasteiger partial charge >= 0.3 is 12.1 Å². The van der Waals surface area contributed by atoms with Gasteiger partial charge in [0, 0.05) is 31.0 Å². The third-order valence-corrected chi connectivity index (χ3v) is 7.21. The maximum absolute atomic E-state index is 12.9. The Morgan fingerprint density at radius 3 is 2.29 bits per heavy atom. The highest BCUT2D eigenvalue weighted by atomic mass is 16.5. The van der Waals surface area contributed by atoms with Crippen LogP contribution in [0, 0.1) is 5.92 Å². The van der Waals surface area contributed by atoms with Crippen LogP contribution in [0.25, 0.3) is 11.1 Å². The molecule has 2 N–H and O–H groups in total. The van der Waals surface area contributed by atoms with Crippen molar-refractivity contribution in [3.05, 3.63) is 59.7 Å². The smallest absolute Gasteiger partial charge is 0.407 e. The summed E-state index contributed by atoms with van der Waals surface area (Å²) < 4.78 is 5.62. The Balaban J connectivity index is 1.34. The number of carboxylic acid groups (broad SMARTS) is 1. The molecule has 2 aromatic rings. The van der Waals surface area contributed by atoms with Gasteiger partial charge in [0.1, 0.15) is 6.61 Å². The number of carbonyl (C=O) groups excluding carboxylic acids is 2. The van der Waals surface area contributed by atoms with Gasteiger partial charge in [0.05, 0.1) is 5.92 Å². The number of fused-ring (bicyclic) bond motifs is 3. The fourth-order valence-electron chi connectivity index (χ4n) is 5.26. The largest absolute Gasteiger partial charge is 0.481 e. The van der Waals surface area contributed by atoms with Gasteiger partial charge in [-0.05, 0) is 48.4 Å². The summed E-state index contributed by atoms with van der Waals surface area (Å²) in [5.41, 5.74) is 4.62. The number of rotatable bonds is 7. The van der Waals surface area contributed by atoms with E-state index >= 15 is 0 Å². The molecule has 0 bridgehead atoms. The summed E-state index contributed by atoms with van der Waals surface area (Å²) in [5, 5.41) is 12.2. The predicted octanol–water partition coefficient (Wildman–Crippen LogP) is 4.41. The standard InChI is InChI=1S/C27H32N2O5/c1-3-18(15-25(30)29-14-8-13-19(17(29)2)26(31)32)28-27(33)34-16-24-22-11-6-4-9-20(22)21-10-5-7-12-23(21)24/h4-7,9-12,17-19,24H,3,8,13-16H2,1-2H3,(H,28,33)(H,31,32)/t17-,18-,19-/m1/s1. The summed E-state index contributed by atoms with van der Waals surface area (Å²) in [4.78, 5) is 38.7. The summed E-state index contributed by atoms with van der Waals surface area (Å²) in [6.45, 7) is 4.45. The molecule has 4 rings (SSSR count). The zero-order chi connectivity index (χ0) is 24.2. The zero-order valence-electron chi connectivity index (χ0n) is 19.7. The van der Waals surface area contributed by atoms with Gasteiger partial charge in [0.2, 0.25) is 5.91 Å². The van der Waals surface area contributed by atoms with Gasteiger partial charge in [0.25, 0.3) is 0 Å². The van der Waals surface area contributed by atoms with Crippen molar-refractivity contribution in [1.29, 1.82) is 0 Å². The van der Waals surface area contributed by atoms with Gasteiger partial charge in [-0.25, -0.2) is 4.79 Å². The van der Waals surface area contributed by atoms with Crippen LogP contribution in [0.2, 0.25) is 0 Å². The van der Waals surface area contributed by atoms with Crippen LogP contribution in [0.5, 0.6) is 0 Å². The lowest BCUT2D eigenvalue weighted by molar-refractivity contribution is -0.149. The number of likely N-dealkylation sites (tertiary alicyclic amines) is 1. The molecule has 2 amide bonds. The molecule has 1 aliphatic carbocycles. The Labute approximate surface area is 200 Å². The third kappa shape index (κ3) is 4.79. The first-order valence-electron chi connectivity index (χ1n) is 12.0. The first-order chi connectivity index (χ1) is 16.4. The number of benzene rings is 2. The average molecular weight is 465 g/mol. The first-order valence-corrected chi connectivity index (χ1v) is 12.0. The van der Waals surface area contributed by atoms with Crippen molar-refractivity contribution in [2.24, 2.45) is 5.92 Å². The van der Waals surface area contributed by atoms with Crippen LogP contribution >= 0.6 is 0 Å². The number of carboxylic acids is 1. The summed E-state index contributed by atoms with van der Waals surface area (Å²) in [6, 6.07) is 15.6. The van der Waals surface area contributed by atoms with Gasteiger partial charge in [-0.3, -0.25) is 9.59 Å². The fourth-order valence-corrected chi connectivity index (χ4v) is 5.26. The van der Waals surface area contributed by atoms with Crippen molar-refractivity contribution in [2.75, 3.05) is 13.2 Å². The monoisotopic (exact) mass is 464 g/mol. The van der Waals surface area contributed by atoms with Crippen molar-refractivity contribution in [3.63, 3.8) is 0 Å². The highest BCUT2D eigenvalue weighted by Crippen LogP contribution is 2.44. The van der Waals surface area contributed by atoms with E-state index in [1.165, 1.54) is 11.1 Å². The van der Waals surface area contributed by atoms with E-state index in [9.17, 15) is 19.5 Å². The number of nitrogens with one attached hydrogen (secondary N) is 1. The minimum absolute atomic E-state index is 0.0259. The Bertz CT molecular complexity index is 1020. The number of ether oxygens (including phenoxy) is 1. The summed E-state index contributed by atoms with van der Waals surface area (Å²) in [5.74, 6) is -1.58. The van der Waals surface area contributed by atoms with E-state index in [-0.39, 0.29) is 36.9 Å². The highest BCUT2D eigenvalue weighted by molar-refractivity contribution is 5.80. The molecule has 0 unspecified atom stereocenters. The number of amides is 2. The lowest BCUT2D eigenvalue weighted by Gasteiger charge is -2.38. The molecule has 7 nitrogen and oxygen atoms in total. The summed E-state index contributed by atoms with van der Waals surface area (Å²) in [6.07, 6.45) is 1.40. The van der Waals surface area contributed by atoms with Crippen LogP contribution in [0.4, 0.5) is 4.79 Å². The number of hydrogen-bond donors (Lipinski definition) is 2. The maximum atomic E-state index is 12.9. The van der Waals surface area contributed by atoms with E-state index in [1.54, 1.807) is 11.8 Å². The molecule has 1 saturated heterocycles. The van der Waals surface area contributed by atoms with E-state index in [0.29, 0.717) is 25.8 Å². The topological polar surface area (TPSA) is 95.9 Å². The van der Waals surface area contributed by atoms with Gasteiger partial charge in [-0.2, -0.15) is 0 Å². The molecule has 34 heavy (non-hydrogen) atoms. The van der Waals surface area contributed by atoms with Gasteiger partial charge < -0.3 is 20.1 Å². The van der Waals surface area contributed by atoms with Crippen LogP contribution in [0.1, 0.15) is 56.6 Å². The van der Waals surface area contributed by atoms with Crippen molar-refractivity contribution in [1.82, 2.24) is 10.2 Å². The van der Waals surface area contributed by atoms with E-state index in [4.69, 9.17) is 4.74 Å². The first kappa shape index (κ1) is 23.8. The molecule has 0 spiro atoms. The lowest BCUT2D eigenvalue weighted by atomic mass is 9.90. The molecule has 0 aromatic heterocycles. The molecular formula is C27H32N2O5. The van der Waals surface area contributed by atoms with Crippen LogP contribution < -0.4 is 5.32 Å². The summed E-state index contributed by atoms with van der Waals surface area (Å²) in [7, 11) is 0. The second-order valence-corrected chi connectivity index (χ2v) is 9.19. The van der Waals surface area contributed by atoms with Crippen LogP contribution in [0.15, 0.2) is 48.5 Å². The number of aliphatic carboxylic acids is 1. The molecule has 1 aliphatic heterocycles. The molecule has 1 heterocycles. The number of alkyl carbamates (subject to hydrolysis) is 1. The lowest BCUT2D eigenvalue weighted by Crippen LogP contribution is -2.50. The number of hydrogen-bond acceptors (Lipinski definition) is 4. The molecule has 3 atom stereocenters. The number of nitrogens with zero attached hydrogens (tertiary/aromatic N) is 1. The number of carbonyl (C=O) groups is 3. The molecule has 180 valence electrons. The Hall–Kier alpha value is -3.35. The minimum Gasteiger partial charge on any atom is -0.481 e. The van der Waals surface area contributed by atoms with E-state index < -0.39 is 18.0 Å². The Morgan fingerprint density at radius 1 is 1.09 bits per heavy atom. The van der Waals surface area contributed by atoms with Gasteiger partial charge in [0.15, 0.2) is 0 Å². The van der Waals surface area contributed by atoms with Crippen LogP contribution in [-0.2, 0) is 14.3 Å². The van der Waals surface area contributed by atoms with E-state index in [2.05, 4.69) is 29.6 Å². The van der Waals surface area contributed by atoms with E-state index in [0.717, 1.165) is 11.1 Å². The second kappa shape index (κ2) is 10.3. The van der Waals surface area contributed by atoms with Crippen molar-refractivity contribution >= 4 is 18.0 Å². The normalized spacial score (nSPS) is 20.2. The molecule has 7 heteroatoms. The molecule has 0 saturated carbocycles. The van der Waals surface area contributed by atoms with Gasteiger partial charge in [-0.1, -0.05) is 55.5 Å². The number of piperidine rings is 1. The highest BCUT2D eigenvalue weighted by Gasteiger charge is 2.36. The van der Waals surface area contributed by atoms with Gasteiger partial charge in [-0.15, -0.1) is 0 Å². The Kier molecular flexibility index (Phi) is 7.20. The van der Waals surface area contributed by atoms with Crippen molar-refractivity contribution in [2.45, 2.75) is 57.5 Å². The molecule has 1 fully saturated rings. The second-order valence-electron chi connectivity index (χ2n) is 9.19. The predicted molar refractivity (Wildman–Crippen MR) is 128 cm³/mol. The molecule has 2 aromatic carbocycles. The Morgan fingerprint density at radius 2 is 1.71 bits per heavy atom. The summed E-state index contributed by atoms with van der Waals surface area (Å²) >= 11 is 0. The molecule has 0 radical (unpaired) electrons. The van der Waals surface area contributed by atoms with Crippen molar-refractivity contribution in [3.8, 4) is 11.1 Å². The molecular weight excluding hydrogens is 432 g/mol. The fraction of sp³-hybridized carbons (Fsp3) is 0.444. The molecule has 2 aliphatic rings. The van der Waals surface area contributed by atoms with E-state index in [1.807, 2.05) is 31.2 Å². The average Bonchev–Trinajstić information content (AvgIpc) is 3.16. The van der Waals surface area contributed by atoms with Crippen LogP contribution in [0.3, 0.4) is 0 Å². The van der Waals surface area contributed by atoms with Crippen molar-refractivity contribution < 1.29 is 24.2 Å². The SMILES string of the molecule is CC[C@H](CC(=O)N1CCC[C@@H](C(=O)O)[C@H]1C)NC(=O)OCC1c2ccccc2-c2ccccc21. The zero-order valence-corrected chi connectivity index (χ0v) is 19.7.